The van der Waals surface area contributed by atoms with Crippen LogP contribution in [-0.4, -0.2) is 22.8 Å². The lowest BCUT2D eigenvalue weighted by Gasteiger charge is -2.24. The third kappa shape index (κ3) is 3.33. The Morgan fingerprint density at radius 3 is 2.81 bits per heavy atom. The van der Waals surface area contributed by atoms with Crippen LogP contribution in [0.3, 0.4) is 0 Å². The SMILES string of the molecule is CCCCC(=O)N(C)C(C)c1ccccn1. The summed E-state index contributed by atoms with van der Waals surface area (Å²) in [7, 11) is 1.84. The Bertz CT molecular complexity index is 324. The molecule has 1 rings (SSSR count). The van der Waals surface area contributed by atoms with Crippen molar-refractivity contribution in [1.82, 2.24) is 9.88 Å². The zero-order valence-electron chi connectivity index (χ0n) is 10.3. The smallest absolute Gasteiger partial charge is 0.222 e. The number of unbranched alkanes of at least 4 members (excludes halogenated alkanes) is 1. The van der Waals surface area contributed by atoms with Gasteiger partial charge in [0.25, 0.3) is 0 Å². The van der Waals surface area contributed by atoms with E-state index in [1.165, 1.54) is 0 Å². The number of rotatable bonds is 5. The number of aromatic nitrogens is 1. The maximum atomic E-state index is 11.8. The normalized spacial score (nSPS) is 12.2. The van der Waals surface area contributed by atoms with Crippen molar-refractivity contribution in [1.29, 1.82) is 0 Å². The third-order valence-corrected chi connectivity index (χ3v) is 2.83. The second-order valence-electron chi connectivity index (χ2n) is 4.04. The van der Waals surface area contributed by atoms with Crippen molar-refractivity contribution in [2.24, 2.45) is 0 Å². The van der Waals surface area contributed by atoms with E-state index in [4.69, 9.17) is 0 Å². The van der Waals surface area contributed by atoms with Crippen LogP contribution < -0.4 is 0 Å². The summed E-state index contributed by atoms with van der Waals surface area (Å²) in [6.07, 6.45) is 4.40. The molecule has 0 aromatic carbocycles. The monoisotopic (exact) mass is 220 g/mol. The molecule has 0 bridgehead atoms. The molecule has 0 spiro atoms. The lowest BCUT2D eigenvalue weighted by molar-refractivity contribution is -0.132. The predicted molar refractivity (Wildman–Crippen MR) is 64.9 cm³/mol. The Hall–Kier alpha value is -1.38. The molecule has 1 atom stereocenters. The molecule has 3 nitrogen and oxygen atoms in total. The van der Waals surface area contributed by atoms with E-state index < -0.39 is 0 Å². The van der Waals surface area contributed by atoms with Gasteiger partial charge in [0.05, 0.1) is 11.7 Å². The van der Waals surface area contributed by atoms with Crippen LogP contribution in [-0.2, 0) is 4.79 Å². The average molecular weight is 220 g/mol. The van der Waals surface area contributed by atoms with Crippen LogP contribution in [0.5, 0.6) is 0 Å². The second kappa shape index (κ2) is 6.26. The van der Waals surface area contributed by atoms with E-state index in [0.29, 0.717) is 6.42 Å². The first-order valence-corrected chi connectivity index (χ1v) is 5.83. The summed E-state index contributed by atoms with van der Waals surface area (Å²) < 4.78 is 0. The molecule has 0 aliphatic heterocycles. The van der Waals surface area contributed by atoms with Gasteiger partial charge in [0.15, 0.2) is 0 Å². The minimum atomic E-state index is 0.0468. The van der Waals surface area contributed by atoms with Crippen molar-refractivity contribution < 1.29 is 4.79 Å². The number of nitrogens with zero attached hydrogens (tertiary/aromatic N) is 2. The molecule has 16 heavy (non-hydrogen) atoms. The van der Waals surface area contributed by atoms with Gasteiger partial charge in [0.1, 0.15) is 0 Å². The van der Waals surface area contributed by atoms with Gasteiger partial charge >= 0.3 is 0 Å². The lowest BCUT2D eigenvalue weighted by Crippen LogP contribution is -2.29. The van der Waals surface area contributed by atoms with Crippen molar-refractivity contribution in [2.75, 3.05) is 7.05 Å². The molecule has 1 unspecified atom stereocenters. The number of amides is 1. The molecule has 1 aromatic rings. The highest BCUT2D eigenvalue weighted by atomic mass is 16.2. The standard InChI is InChI=1S/C13H20N2O/c1-4-5-9-13(16)15(3)11(2)12-8-6-7-10-14-12/h6-8,10-11H,4-5,9H2,1-3H3. The largest absolute Gasteiger partial charge is 0.337 e. The maximum Gasteiger partial charge on any atom is 0.222 e. The Labute approximate surface area is 97.5 Å². The molecule has 88 valence electrons. The van der Waals surface area contributed by atoms with E-state index >= 15 is 0 Å². The van der Waals surface area contributed by atoms with Gasteiger partial charge in [0.2, 0.25) is 5.91 Å². The lowest BCUT2D eigenvalue weighted by atomic mass is 10.1. The first kappa shape index (κ1) is 12.7. The van der Waals surface area contributed by atoms with Gasteiger partial charge in [-0.3, -0.25) is 9.78 Å². The molecule has 0 fully saturated rings. The molecule has 0 saturated carbocycles. The topological polar surface area (TPSA) is 33.2 Å². The highest BCUT2D eigenvalue weighted by molar-refractivity contribution is 5.76. The minimum absolute atomic E-state index is 0.0468. The summed E-state index contributed by atoms with van der Waals surface area (Å²) in [5.74, 6) is 0.194. The van der Waals surface area contributed by atoms with Crippen LogP contribution in [0.4, 0.5) is 0 Å². The van der Waals surface area contributed by atoms with E-state index in [1.54, 1.807) is 11.1 Å². The molecule has 0 aliphatic rings. The summed E-state index contributed by atoms with van der Waals surface area (Å²) in [6, 6.07) is 5.83. The van der Waals surface area contributed by atoms with Crippen molar-refractivity contribution in [3.05, 3.63) is 30.1 Å². The van der Waals surface area contributed by atoms with Crippen LogP contribution in [0.25, 0.3) is 0 Å². The average Bonchev–Trinajstić information content (AvgIpc) is 2.35. The van der Waals surface area contributed by atoms with E-state index in [2.05, 4.69) is 11.9 Å². The zero-order chi connectivity index (χ0) is 12.0. The first-order valence-electron chi connectivity index (χ1n) is 5.83. The molecular weight excluding hydrogens is 200 g/mol. The predicted octanol–water partition coefficient (Wildman–Crippen LogP) is 2.79. The summed E-state index contributed by atoms with van der Waals surface area (Å²) in [5.41, 5.74) is 0.940. The molecule has 3 heteroatoms. The van der Waals surface area contributed by atoms with Gasteiger partial charge in [-0.15, -0.1) is 0 Å². The molecular formula is C13H20N2O. The number of pyridine rings is 1. The van der Waals surface area contributed by atoms with Crippen molar-refractivity contribution >= 4 is 5.91 Å². The van der Waals surface area contributed by atoms with Gasteiger partial charge in [-0.1, -0.05) is 19.4 Å². The molecule has 0 aliphatic carbocycles. The van der Waals surface area contributed by atoms with Crippen LogP contribution in [0.2, 0.25) is 0 Å². The highest BCUT2D eigenvalue weighted by Crippen LogP contribution is 2.17. The van der Waals surface area contributed by atoms with Crippen LogP contribution in [0.1, 0.15) is 44.8 Å². The fourth-order valence-corrected chi connectivity index (χ4v) is 1.54. The number of carbonyl (C=O) groups is 1. The quantitative estimate of drug-likeness (QED) is 0.764. The number of hydrogen-bond donors (Lipinski definition) is 0. The first-order chi connectivity index (χ1) is 7.66. The Morgan fingerprint density at radius 1 is 1.50 bits per heavy atom. The fourth-order valence-electron chi connectivity index (χ4n) is 1.54. The Morgan fingerprint density at radius 2 is 2.25 bits per heavy atom. The second-order valence-corrected chi connectivity index (χ2v) is 4.04. The molecule has 1 aromatic heterocycles. The summed E-state index contributed by atoms with van der Waals surface area (Å²) >= 11 is 0. The van der Waals surface area contributed by atoms with Gasteiger partial charge in [-0.2, -0.15) is 0 Å². The molecule has 1 heterocycles. The van der Waals surface area contributed by atoms with Gasteiger partial charge in [-0.25, -0.2) is 0 Å². The maximum absolute atomic E-state index is 11.8. The van der Waals surface area contributed by atoms with Gasteiger partial charge < -0.3 is 4.90 Å². The van der Waals surface area contributed by atoms with E-state index in [1.807, 2.05) is 32.2 Å². The van der Waals surface area contributed by atoms with E-state index in [9.17, 15) is 4.79 Å². The molecule has 0 N–H and O–H groups in total. The Kier molecular flexibility index (Phi) is 4.96. The van der Waals surface area contributed by atoms with E-state index in [-0.39, 0.29) is 11.9 Å². The molecule has 0 radical (unpaired) electrons. The minimum Gasteiger partial charge on any atom is -0.337 e. The van der Waals surface area contributed by atoms with E-state index in [0.717, 1.165) is 18.5 Å². The van der Waals surface area contributed by atoms with Crippen LogP contribution in [0.15, 0.2) is 24.4 Å². The van der Waals surface area contributed by atoms with Crippen LogP contribution >= 0.6 is 0 Å². The number of carbonyl (C=O) groups excluding carboxylic acids is 1. The Balaban J connectivity index is 2.60. The van der Waals surface area contributed by atoms with Crippen LogP contribution in [0, 0.1) is 0 Å². The van der Waals surface area contributed by atoms with Crippen molar-refractivity contribution in [3.8, 4) is 0 Å². The summed E-state index contributed by atoms with van der Waals surface area (Å²) in [6.45, 7) is 4.10. The van der Waals surface area contributed by atoms with Gasteiger partial charge in [-0.05, 0) is 25.5 Å². The van der Waals surface area contributed by atoms with Crippen molar-refractivity contribution in [2.45, 2.75) is 39.2 Å². The van der Waals surface area contributed by atoms with Gasteiger partial charge in [0, 0.05) is 19.7 Å². The number of hydrogen-bond acceptors (Lipinski definition) is 2. The molecule has 0 saturated heterocycles. The summed E-state index contributed by atoms with van der Waals surface area (Å²) in [4.78, 5) is 17.9. The van der Waals surface area contributed by atoms with Crippen molar-refractivity contribution in [3.63, 3.8) is 0 Å². The highest BCUT2D eigenvalue weighted by Gasteiger charge is 2.17. The molecule has 1 amide bonds. The fraction of sp³-hybridized carbons (Fsp3) is 0.538. The summed E-state index contributed by atoms with van der Waals surface area (Å²) in [5, 5.41) is 0. The zero-order valence-corrected chi connectivity index (χ0v) is 10.3. The third-order valence-electron chi connectivity index (χ3n) is 2.83.